The Labute approximate surface area is 128 Å². The van der Waals surface area contributed by atoms with Gasteiger partial charge in [0.1, 0.15) is 11.5 Å². The monoisotopic (exact) mass is 334 g/mol. The first-order chi connectivity index (χ1) is 9.70. The summed E-state index contributed by atoms with van der Waals surface area (Å²) < 4.78 is 7.04. The number of aryl methyl sites for hydroxylation is 1. The Morgan fingerprint density at radius 2 is 2.15 bits per heavy atom. The second-order valence-corrected chi connectivity index (χ2v) is 5.53. The predicted octanol–water partition coefficient (Wildman–Crippen LogP) is 4.44. The maximum absolute atomic E-state index is 5.95. The number of benzene rings is 1. The summed E-state index contributed by atoms with van der Waals surface area (Å²) >= 11 is 3.49. The summed E-state index contributed by atoms with van der Waals surface area (Å²) in [7, 11) is 0. The summed E-state index contributed by atoms with van der Waals surface area (Å²) in [5.74, 6) is 1.63. The van der Waals surface area contributed by atoms with Crippen LogP contribution in [0.3, 0.4) is 0 Å². The van der Waals surface area contributed by atoms with Crippen molar-refractivity contribution in [2.45, 2.75) is 26.8 Å². The molecule has 0 saturated heterocycles. The summed E-state index contributed by atoms with van der Waals surface area (Å²) in [5, 5.41) is 3.38. The molecule has 2 aromatic rings. The molecule has 0 bridgehead atoms. The Kier molecular flexibility index (Phi) is 5.56. The van der Waals surface area contributed by atoms with Crippen LogP contribution >= 0.6 is 15.9 Å². The third-order valence-electron chi connectivity index (χ3n) is 2.97. The van der Waals surface area contributed by atoms with Gasteiger partial charge in [-0.3, -0.25) is 4.98 Å². The molecule has 0 radical (unpaired) electrons. The fourth-order valence-electron chi connectivity index (χ4n) is 1.85. The quantitative estimate of drug-likeness (QED) is 0.792. The third-order valence-corrected chi connectivity index (χ3v) is 3.86. The van der Waals surface area contributed by atoms with E-state index >= 15 is 0 Å². The van der Waals surface area contributed by atoms with Crippen molar-refractivity contribution in [1.29, 1.82) is 0 Å². The van der Waals surface area contributed by atoms with Gasteiger partial charge in [0, 0.05) is 22.8 Å². The first-order valence-corrected chi connectivity index (χ1v) is 7.57. The maximum atomic E-state index is 5.95. The number of ether oxygens (including phenoxy) is 1. The summed E-state index contributed by atoms with van der Waals surface area (Å²) in [5.41, 5.74) is 2.27. The number of halogens is 1. The first-order valence-electron chi connectivity index (χ1n) is 6.78. The lowest BCUT2D eigenvalue weighted by molar-refractivity contribution is 0.469. The van der Waals surface area contributed by atoms with Crippen molar-refractivity contribution in [2.75, 3.05) is 6.54 Å². The molecule has 1 aromatic carbocycles. The first kappa shape index (κ1) is 15.0. The van der Waals surface area contributed by atoms with E-state index in [2.05, 4.69) is 33.2 Å². The Balaban J connectivity index is 2.13. The fourth-order valence-corrected chi connectivity index (χ4v) is 2.10. The van der Waals surface area contributed by atoms with Gasteiger partial charge in [-0.1, -0.05) is 22.9 Å². The van der Waals surface area contributed by atoms with Gasteiger partial charge in [0.2, 0.25) is 0 Å². The van der Waals surface area contributed by atoms with Crippen molar-refractivity contribution in [3.8, 4) is 11.5 Å². The molecular formula is C16H19BrN2O. The molecule has 0 unspecified atom stereocenters. The van der Waals surface area contributed by atoms with Crippen molar-refractivity contribution in [3.63, 3.8) is 0 Å². The Bertz CT molecular complexity index is 572. The zero-order chi connectivity index (χ0) is 14.4. The Hall–Kier alpha value is -1.39. The van der Waals surface area contributed by atoms with Gasteiger partial charge in [-0.05, 0) is 49.7 Å². The van der Waals surface area contributed by atoms with E-state index in [-0.39, 0.29) is 0 Å². The SMILES string of the molecule is CCCNCc1ccncc1Oc1ccc(Br)c(C)c1. The molecule has 0 aliphatic carbocycles. The molecule has 0 spiro atoms. The molecule has 0 amide bonds. The van der Waals surface area contributed by atoms with Crippen LogP contribution < -0.4 is 10.1 Å². The van der Waals surface area contributed by atoms with Gasteiger partial charge in [-0.2, -0.15) is 0 Å². The molecule has 1 heterocycles. The minimum absolute atomic E-state index is 0.793. The van der Waals surface area contributed by atoms with Crippen LogP contribution in [0.1, 0.15) is 24.5 Å². The summed E-state index contributed by atoms with van der Waals surface area (Å²) in [4.78, 5) is 4.15. The number of pyridine rings is 1. The van der Waals surface area contributed by atoms with E-state index in [9.17, 15) is 0 Å². The molecular weight excluding hydrogens is 316 g/mol. The van der Waals surface area contributed by atoms with E-state index in [0.29, 0.717) is 0 Å². The minimum Gasteiger partial charge on any atom is -0.455 e. The van der Waals surface area contributed by atoms with Gasteiger partial charge in [0.15, 0.2) is 0 Å². The Morgan fingerprint density at radius 3 is 2.90 bits per heavy atom. The molecule has 1 aromatic heterocycles. The number of nitrogens with zero attached hydrogens (tertiary/aromatic N) is 1. The number of hydrogen-bond acceptors (Lipinski definition) is 3. The molecule has 20 heavy (non-hydrogen) atoms. The zero-order valence-corrected chi connectivity index (χ0v) is 13.4. The highest BCUT2D eigenvalue weighted by Gasteiger charge is 2.06. The summed E-state index contributed by atoms with van der Waals surface area (Å²) in [6.45, 7) is 5.99. The largest absolute Gasteiger partial charge is 0.455 e. The summed E-state index contributed by atoms with van der Waals surface area (Å²) in [6.07, 6.45) is 4.68. The van der Waals surface area contributed by atoms with Gasteiger partial charge in [-0.15, -0.1) is 0 Å². The Morgan fingerprint density at radius 1 is 1.30 bits per heavy atom. The molecule has 0 fully saturated rings. The van der Waals surface area contributed by atoms with Crippen molar-refractivity contribution >= 4 is 15.9 Å². The molecule has 106 valence electrons. The highest BCUT2D eigenvalue weighted by Crippen LogP contribution is 2.27. The van der Waals surface area contributed by atoms with E-state index in [4.69, 9.17) is 4.74 Å². The molecule has 0 saturated carbocycles. The lowest BCUT2D eigenvalue weighted by atomic mass is 10.2. The maximum Gasteiger partial charge on any atom is 0.150 e. The van der Waals surface area contributed by atoms with Crippen molar-refractivity contribution in [1.82, 2.24) is 10.3 Å². The van der Waals surface area contributed by atoms with Gasteiger partial charge < -0.3 is 10.1 Å². The molecule has 0 atom stereocenters. The second-order valence-electron chi connectivity index (χ2n) is 4.67. The summed E-state index contributed by atoms with van der Waals surface area (Å²) in [6, 6.07) is 7.95. The molecule has 1 N–H and O–H groups in total. The molecule has 0 aliphatic heterocycles. The zero-order valence-electron chi connectivity index (χ0n) is 11.8. The molecule has 3 nitrogen and oxygen atoms in total. The van der Waals surface area contributed by atoms with Crippen molar-refractivity contribution in [3.05, 3.63) is 52.3 Å². The fraction of sp³-hybridized carbons (Fsp3) is 0.312. The topological polar surface area (TPSA) is 34.2 Å². The minimum atomic E-state index is 0.793. The standard InChI is InChI=1S/C16H19BrN2O/c1-3-7-18-10-13-6-8-19-11-16(13)20-14-4-5-15(17)12(2)9-14/h4-6,8-9,11,18H,3,7,10H2,1-2H3. The molecule has 0 aliphatic rings. The lowest BCUT2D eigenvalue weighted by Gasteiger charge is -2.12. The highest BCUT2D eigenvalue weighted by molar-refractivity contribution is 9.10. The van der Waals surface area contributed by atoms with E-state index in [0.717, 1.165) is 46.6 Å². The van der Waals surface area contributed by atoms with Crippen LogP contribution in [0, 0.1) is 6.92 Å². The van der Waals surface area contributed by atoms with Crippen LogP contribution in [0.5, 0.6) is 11.5 Å². The van der Waals surface area contributed by atoms with Crippen molar-refractivity contribution in [2.24, 2.45) is 0 Å². The second kappa shape index (κ2) is 7.41. The molecule has 4 heteroatoms. The molecule has 2 rings (SSSR count). The van der Waals surface area contributed by atoms with Gasteiger partial charge in [0.25, 0.3) is 0 Å². The highest BCUT2D eigenvalue weighted by atomic mass is 79.9. The average Bonchev–Trinajstić information content (AvgIpc) is 2.45. The van der Waals surface area contributed by atoms with Crippen LogP contribution in [-0.4, -0.2) is 11.5 Å². The van der Waals surface area contributed by atoms with Crippen LogP contribution in [0.25, 0.3) is 0 Å². The van der Waals surface area contributed by atoms with Gasteiger partial charge >= 0.3 is 0 Å². The number of hydrogen-bond donors (Lipinski definition) is 1. The smallest absolute Gasteiger partial charge is 0.150 e. The van der Waals surface area contributed by atoms with E-state index in [1.807, 2.05) is 31.2 Å². The number of nitrogens with one attached hydrogen (secondary N) is 1. The van der Waals surface area contributed by atoms with Gasteiger partial charge in [0.05, 0.1) is 6.20 Å². The van der Waals surface area contributed by atoms with Crippen LogP contribution in [0.2, 0.25) is 0 Å². The van der Waals surface area contributed by atoms with Crippen LogP contribution in [0.15, 0.2) is 41.1 Å². The van der Waals surface area contributed by atoms with Gasteiger partial charge in [-0.25, -0.2) is 0 Å². The third kappa shape index (κ3) is 4.05. The predicted molar refractivity (Wildman–Crippen MR) is 85.2 cm³/mol. The number of rotatable bonds is 6. The lowest BCUT2D eigenvalue weighted by Crippen LogP contribution is -2.14. The van der Waals surface area contributed by atoms with Crippen LogP contribution in [0.4, 0.5) is 0 Å². The van der Waals surface area contributed by atoms with Crippen LogP contribution in [-0.2, 0) is 6.54 Å². The number of aromatic nitrogens is 1. The van der Waals surface area contributed by atoms with E-state index in [1.165, 1.54) is 0 Å². The normalized spacial score (nSPS) is 10.6. The van der Waals surface area contributed by atoms with E-state index in [1.54, 1.807) is 12.4 Å². The van der Waals surface area contributed by atoms with Crippen molar-refractivity contribution < 1.29 is 4.74 Å². The van der Waals surface area contributed by atoms with E-state index < -0.39 is 0 Å². The average molecular weight is 335 g/mol.